The number of carbonyl (C=O) groups is 1. The van der Waals surface area contributed by atoms with E-state index in [0.29, 0.717) is 17.1 Å². The fraction of sp³-hybridized carbons (Fsp3) is 0.222. The summed E-state index contributed by atoms with van der Waals surface area (Å²) >= 11 is 1.51. The van der Waals surface area contributed by atoms with Gasteiger partial charge in [0.2, 0.25) is 5.91 Å². The Morgan fingerprint density at radius 1 is 1.14 bits per heavy atom. The average Bonchev–Trinajstić information content (AvgIpc) is 2.55. The number of nitrogens with zero attached hydrogens (tertiary/aromatic N) is 1. The van der Waals surface area contributed by atoms with Crippen molar-refractivity contribution >= 4 is 23.4 Å². The summed E-state index contributed by atoms with van der Waals surface area (Å²) < 4.78 is 0. The van der Waals surface area contributed by atoms with Crippen molar-refractivity contribution in [3.8, 4) is 6.07 Å². The van der Waals surface area contributed by atoms with Crippen molar-refractivity contribution in [3.05, 3.63) is 65.2 Å². The second kappa shape index (κ2) is 8.26. The highest BCUT2D eigenvalue weighted by Crippen LogP contribution is 2.18. The molecule has 0 unspecified atom stereocenters. The lowest BCUT2D eigenvalue weighted by Gasteiger charge is -2.09. The highest BCUT2D eigenvalue weighted by atomic mass is 32.2. The Balaban J connectivity index is 1.87. The first-order valence-corrected chi connectivity index (χ1v) is 8.33. The van der Waals surface area contributed by atoms with Gasteiger partial charge in [0.1, 0.15) is 0 Å². The summed E-state index contributed by atoms with van der Waals surface area (Å²) in [4.78, 5) is 12.0. The largest absolute Gasteiger partial charge is 0.325 e. The fourth-order valence-electron chi connectivity index (χ4n) is 2.15. The molecule has 0 fully saturated rings. The summed E-state index contributed by atoms with van der Waals surface area (Å²) in [6.45, 7) is 2.07. The smallest absolute Gasteiger partial charge is 0.234 e. The summed E-state index contributed by atoms with van der Waals surface area (Å²) in [6, 6.07) is 17.5. The predicted molar refractivity (Wildman–Crippen MR) is 91.8 cm³/mol. The Hall–Kier alpha value is -2.25. The second-order valence-electron chi connectivity index (χ2n) is 4.82. The maximum Gasteiger partial charge on any atom is 0.234 e. The molecular weight excluding hydrogens is 292 g/mol. The summed E-state index contributed by atoms with van der Waals surface area (Å²) in [5.41, 5.74) is 3.66. The molecule has 3 nitrogen and oxygen atoms in total. The third kappa shape index (κ3) is 4.37. The van der Waals surface area contributed by atoms with Crippen LogP contribution >= 0.6 is 11.8 Å². The highest BCUT2D eigenvalue weighted by Gasteiger charge is 2.07. The van der Waals surface area contributed by atoms with Crippen molar-refractivity contribution < 1.29 is 4.79 Å². The third-order valence-electron chi connectivity index (χ3n) is 3.30. The van der Waals surface area contributed by atoms with Gasteiger partial charge in [-0.15, -0.1) is 11.8 Å². The molecule has 1 N–H and O–H groups in total. The molecule has 2 rings (SSSR count). The number of para-hydroxylation sites is 1. The van der Waals surface area contributed by atoms with Crippen LogP contribution < -0.4 is 5.32 Å². The number of amides is 1. The first kappa shape index (κ1) is 16.1. The van der Waals surface area contributed by atoms with Gasteiger partial charge >= 0.3 is 0 Å². The average molecular weight is 310 g/mol. The van der Waals surface area contributed by atoms with Crippen LogP contribution in [0, 0.1) is 11.3 Å². The van der Waals surface area contributed by atoms with Gasteiger partial charge in [-0.05, 0) is 29.7 Å². The maximum absolute atomic E-state index is 12.0. The van der Waals surface area contributed by atoms with E-state index in [9.17, 15) is 4.79 Å². The minimum Gasteiger partial charge on any atom is -0.325 e. The topological polar surface area (TPSA) is 52.9 Å². The Morgan fingerprint density at radius 3 is 2.55 bits per heavy atom. The molecule has 0 heterocycles. The number of nitriles is 1. The molecule has 1 amide bonds. The minimum absolute atomic E-state index is 0.0136. The van der Waals surface area contributed by atoms with Gasteiger partial charge in [-0.2, -0.15) is 5.26 Å². The second-order valence-corrected chi connectivity index (χ2v) is 5.81. The third-order valence-corrected chi connectivity index (χ3v) is 4.28. The SMILES string of the molecule is CCc1ccccc1NC(=O)CSCc1ccccc1C#N. The summed E-state index contributed by atoms with van der Waals surface area (Å²) in [5, 5.41) is 12.0. The summed E-state index contributed by atoms with van der Waals surface area (Å²) in [5.74, 6) is 1.02. The van der Waals surface area contributed by atoms with Crippen LogP contribution in [-0.4, -0.2) is 11.7 Å². The molecule has 0 aromatic heterocycles. The molecule has 2 aromatic carbocycles. The normalized spacial score (nSPS) is 10.0. The van der Waals surface area contributed by atoms with E-state index < -0.39 is 0 Å². The molecule has 0 bridgehead atoms. The van der Waals surface area contributed by atoms with E-state index in [-0.39, 0.29) is 5.91 Å². The van der Waals surface area contributed by atoms with Crippen molar-refractivity contribution in [2.24, 2.45) is 0 Å². The number of benzene rings is 2. The minimum atomic E-state index is -0.0136. The van der Waals surface area contributed by atoms with Gasteiger partial charge in [-0.3, -0.25) is 4.79 Å². The van der Waals surface area contributed by atoms with E-state index in [1.54, 1.807) is 6.07 Å². The number of anilines is 1. The van der Waals surface area contributed by atoms with Crippen molar-refractivity contribution in [2.45, 2.75) is 19.1 Å². The molecule has 0 aliphatic heterocycles. The summed E-state index contributed by atoms with van der Waals surface area (Å²) in [7, 11) is 0. The molecule has 0 atom stereocenters. The van der Waals surface area contributed by atoms with Gasteiger partial charge < -0.3 is 5.32 Å². The monoisotopic (exact) mass is 310 g/mol. The number of hydrogen-bond acceptors (Lipinski definition) is 3. The van der Waals surface area contributed by atoms with Gasteiger partial charge in [0.25, 0.3) is 0 Å². The number of hydrogen-bond donors (Lipinski definition) is 1. The first-order chi connectivity index (χ1) is 10.7. The van der Waals surface area contributed by atoms with Gasteiger partial charge in [0.05, 0.1) is 17.4 Å². The molecule has 0 saturated heterocycles. The molecule has 22 heavy (non-hydrogen) atoms. The Bertz CT molecular complexity index is 691. The van der Waals surface area contributed by atoms with Crippen LogP contribution in [0.1, 0.15) is 23.6 Å². The van der Waals surface area contributed by atoms with Crippen LogP contribution in [-0.2, 0) is 17.0 Å². The van der Waals surface area contributed by atoms with Crippen LogP contribution in [0.3, 0.4) is 0 Å². The molecule has 0 spiro atoms. The van der Waals surface area contributed by atoms with E-state index >= 15 is 0 Å². The fourth-order valence-corrected chi connectivity index (χ4v) is 2.98. The van der Waals surface area contributed by atoms with Crippen LogP contribution in [0.15, 0.2) is 48.5 Å². The van der Waals surface area contributed by atoms with Crippen LogP contribution in [0.4, 0.5) is 5.69 Å². The lowest BCUT2D eigenvalue weighted by Crippen LogP contribution is -2.15. The van der Waals surface area contributed by atoms with Crippen molar-refractivity contribution in [1.82, 2.24) is 0 Å². The number of aryl methyl sites for hydroxylation is 1. The van der Waals surface area contributed by atoms with Crippen molar-refractivity contribution in [1.29, 1.82) is 5.26 Å². The standard InChI is InChI=1S/C18H18N2OS/c1-2-14-7-5-6-10-17(14)20-18(21)13-22-12-16-9-4-3-8-15(16)11-19/h3-10H,2,12-13H2,1H3,(H,20,21). The zero-order chi connectivity index (χ0) is 15.8. The first-order valence-electron chi connectivity index (χ1n) is 7.18. The zero-order valence-electron chi connectivity index (χ0n) is 12.5. The molecule has 0 saturated carbocycles. The van der Waals surface area contributed by atoms with Crippen LogP contribution in [0.5, 0.6) is 0 Å². The number of thioether (sulfide) groups is 1. The molecule has 0 aliphatic rings. The van der Waals surface area contributed by atoms with Gasteiger partial charge in [-0.25, -0.2) is 0 Å². The van der Waals surface area contributed by atoms with E-state index in [1.165, 1.54) is 11.8 Å². The Labute approximate surface area is 135 Å². The number of rotatable bonds is 6. The Morgan fingerprint density at radius 2 is 1.82 bits per heavy atom. The van der Waals surface area contributed by atoms with Gasteiger partial charge in [0, 0.05) is 11.4 Å². The van der Waals surface area contributed by atoms with Gasteiger partial charge in [0.15, 0.2) is 0 Å². The van der Waals surface area contributed by atoms with E-state index in [4.69, 9.17) is 5.26 Å². The quantitative estimate of drug-likeness (QED) is 0.877. The lowest BCUT2D eigenvalue weighted by molar-refractivity contribution is -0.113. The highest BCUT2D eigenvalue weighted by molar-refractivity contribution is 7.99. The summed E-state index contributed by atoms with van der Waals surface area (Å²) in [6.07, 6.45) is 0.888. The zero-order valence-corrected chi connectivity index (χ0v) is 13.3. The molecule has 2 aromatic rings. The number of carbonyl (C=O) groups excluding carboxylic acids is 1. The predicted octanol–water partition coefficient (Wildman–Crippen LogP) is 3.99. The van der Waals surface area contributed by atoms with Crippen molar-refractivity contribution in [2.75, 3.05) is 11.1 Å². The molecule has 4 heteroatoms. The molecule has 112 valence electrons. The van der Waals surface area contributed by atoms with E-state index in [1.807, 2.05) is 42.5 Å². The lowest BCUT2D eigenvalue weighted by atomic mass is 10.1. The Kier molecular flexibility index (Phi) is 6.05. The number of nitrogens with one attached hydrogen (secondary N) is 1. The molecule has 0 radical (unpaired) electrons. The van der Waals surface area contributed by atoms with Crippen LogP contribution in [0.25, 0.3) is 0 Å². The van der Waals surface area contributed by atoms with E-state index in [0.717, 1.165) is 23.2 Å². The maximum atomic E-state index is 12.0. The molecule has 0 aliphatic carbocycles. The van der Waals surface area contributed by atoms with E-state index in [2.05, 4.69) is 18.3 Å². The molecular formula is C18H18N2OS. The van der Waals surface area contributed by atoms with Crippen LogP contribution in [0.2, 0.25) is 0 Å². The van der Waals surface area contributed by atoms with Crippen molar-refractivity contribution in [3.63, 3.8) is 0 Å². The van der Waals surface area contributed by atoms with Gasteiger partial charge in [-0.1, -0.05) is 43.3 Å².